The highest BCUT2D eigenvalue weighted by Gasteiger charge is 2.30. The zero-order valence-electron chi connectivity index (χ0n) is 38.2. The Bertz CT molecular complexity index is 3180. The van der Waals surface area contributed by atoms with Gasteiger partial charge in [0.1, 0.15) is 22.8 Å². The Morgan fingerprint density at radius 1 is 0.424 bits per heavy atom. The fraction of sp³-hybridized carbons (Fsp3) is 0.172. The minimum atomic E-state index is -3.74. The summed E-state index contributed by atoms with van der Waals surface area (Å²) in [5.41, 5.74) is 7.77. The molecule has 0 saturated carbocycles. The summed E-state index contributed by atoms with van der Waals surface area (Å²) >= 11 is 0. The first-order valence-electron chi connectivity index (χ1n) is 22.3. The van der Waals surface area contributed by atoms with Gasteiger partial charge >= 0.3 is 0 Å². The Hall–Kier alpha value is -6.74. The molecule has 8 rings (SSSR count). The summed E-state index contributed by atoms with van der Waals surface area (Å²) in [6.07, 6.45) is 1.57. The van der Waals surface area contributed by atoms with Gasteiger partial charge in [-0.05, 0) is 150 Å². The summed E-state index contributed by atoms with van der Waals surface area (Å²) in [6, 6.07) is 60.1. The second-order valence-electron chi connectivity index (χ2n) is 17.5. The van der Waals surface area contributed by atoms with E-state index in [0.29, 0.717) is 23.7 Å². The third kappa shape index (κ3) is 9.48. The van der Waals surface area contributed by atoms with Crippen molar-refractivity contribution in [1.29, 1.82) is 0 Å². The van der Waals surface area contributed by atoms with Gasteiger partial charge in [-0.2, -0.15) is 0 Å². The number of aryl methyl sites for hydroxylation is 1. The minimum Gasteiger partial charge on any atom is -0.482 e. The second kappa shape index (κ2) is 18.6. The van der Waals surface area contributed by atoms with Crippen molar-refractivity contribution < 1.29 is 26.3 Å². The van der Waals surface area contributed by atoms with Crippen molar-refractivity contribution in [2.24, 2.45) is 0 Å². The molecule has 8 aromatic carbocycles. The summed E-state index contributed by atoms with van der Waals surface area (Å²) in [6.45, 7) is 12.5. The van der Waals surface area contributed by atoms with Crippen LogP contribution in [-0.4, -0.2) is 16.8 Å². The Kier molecular flexibility index (Phi) is 12.9. The van der Waals surface area contributed by atoms with Crippen molar-refractivity contribution in [2.75, 3.05) is 0 Å². The van der Waals surface area contributed by atoms with Gasteiger partial charge in [-0.3, -0.25) is 0 Å². The van der Waals surface area contributed by atoms with Crippen LogP contribution in [0.15, 0.2) is 214 Å². The molecule has 0 bridgehead atoms. The summed E-state index contributed by atoms with van der Waals surface area (Å²) in [5, 5.41) is 0. The second-order valence-corrected chi connectivity index (χ2v) is 21.4. The molecular weight excluding hydrogens is 857 g/mol. The predicted molar refractivity (Wildman–Crippen MR) is 266 cm³/mol. The Morgan fingerprint density at radius 2 is 0.833 bits per heavy atom. The number of rotatable bonds is 15. The monoisotopic (exact) mass is 910 g/mol. The van der Waals surface area contributed by atoms with Crippen LogP contribution < -0.4 is 9.47 Å². The highest BCUT2D eigenvalue weighted by Crippen LogP contribution is 2.42. The van der Waals surface area contributed by atoms with Gasteiger partial charge < -0.3 is 9.47 Å². The van der Waals surface area contributed by atoms with Crippen LogP contribution in [-0.2, 0) is 30.7 Å². The summed E-state index contributed by atoms with van der Waals surface area (Å²) in [5.74, 6) is 1.82. The lowest BCUT2D eigenvalue weighted by molar-refractivity contribution is 0.0832. The molecule has 66 heavy (non-hydrogen) atoms. The maximum atomic E-state index is 13.7. The van der Waals surface area contributed by atoms with Crippen LogP contribution in [0.25, 0.3) is 33.4 Å². The molecule has 0 aromatic heterocycles. The topological polar surface area (TPSA) is 86.7 Å². The molecule has 0 saturated heterocycles. The first-order chi connectivity index (χ1) is 31.6. The Morgan fingerprint density at radius 3 is 1.29 bits per heavy atom. The zero-order chi connectivity index (χ0) is 46.7. The molecule has 0 N–H and O–H groups in total. The van der Waals surface area contributed by atoms with Crippen molar-refractivity contribution in [3.05, 3.63) is 211 Å². The van der Waals surface area contributed by atoms with Crippen LogP contribution in [0.1, 0.15) is 64.2 Å². The summed E-state index contributed by atoms with van der Waals surface area (Å²) in [4.78, 5) is 0.933. The lowest BCUT2D eigenvalue weighted by atomic mass is 9.82. The van der Waals surface area contributed by atoms with E-state index in [1.807, 2.05) is 105 Å². The maximum absolute atomic E-state index is 13.7. The molecule has 0 aliphatic rings. The summed E-state index contributed by atoms with van der Waals surface area (Å²) in [7, 11) is -7.43. The fourth-order valence-corrected chi connectivity index (χ4v) is 10.5. The first kappa shape index (κ1) is 45.8. The molecule has 6 nitrogen and oxygen atoms in total. The fourth-order valence-electron chi connectivity index (χ4n) is 7.94. The lowest BCUT2D eigenvalue weighted by Crippen LogP contribution is -2.29. The molecule has 1 atom stereocenters. The van der Waals surface area contributed by atoms with E-state index >= 15 is 0 Å². The van der Waals surface area contributed by atoms with Crippen LogP contribution >= 0.6 is 0 Å². The minimum absolute atomic E-state index is 0.0456. The average Bonchev–Trinajstić information content (AvgIpc) is 3.35. The quantitative estimate of drug-likeness (QED) is 0.102. The molecule has 0 heterocycles. The van der Waals surface area contributed by atoms with Gasteiger partial charge in [-0.1, -0.05) is 142 Å². The average molecular weight is 911 g/mol. The van der Waals surface area contributed by atoms with Crippen LogP contribution in [0.4, 0.5) is 0 Å². The van der Waals surface area contributed by atoms with Crippen molar-refractivity contribution in [3.8, 4) is 50.6 Å². The third-order valence-electron chi connectivity index (χ3n) is 12.8. The van der Waals surface area contributed by atoms with E-state index in [1.54, 1.807) is 72.8 Å². The number of hydrogen-bond acceptors (Lipinski definition) is 6. The van der Waals surface area contributed by atoms with E-state index in [2.05, 4.69) is 58.0 Å². The highest BCUT2D eigenvalue weighted by atomic mass is 32.2. The first-order valence-corrected chi connectivity index (χ1v) is 25.2. The van der Waals surface area contributed by atoms with Gasteiger partial charge in [0.15, 0.2) is 0 Å². The van der Waals surface area contributed by atoms with Crippen LogP contribution in [0, 0.1) is 6.92 Å². The molecule has 0 fully saturated rings. The highest BCUT2D eigenvalue weighted by molar-refractivity contribution is 7.91. The van der Waals surface area contributed by atoms with Crippen LogP contribution in [0.3, 0.4) is 0 Å². The molecule has 1 unspecified atom stereocenters. The number of ether oxygens (including phenoxy) is 2. The van der Waals surface area contributed by atoms with Crippen molar-refractivity contribution >= 4 is 19.7 Å². The van der Waals surface area contributed by atoms with Crippen molar-refractivity contribution in [2.45, 2.75) is 85.0 Å². The van der Waals surface area contributed by atoms with Crippen molar-refractivity contribution in [3.63, 3.8) is 0 Å². The molecule has 0 spiro atoms. The van der Waals surface area contributed by atoms with E-state index in [4.69, 9.17) is 9.47 Å². The number of benzene rings is 8. The van der Waals surface area contributed by atoms with Crippen molar-refractivity contribution in [1.82, 2.24) is 0 Å². The van der Waals surface area contributed by atoms with E-state index in [1.165, 1.54) is 0 Å². The van der Waals surface area contributed by atoms with Crippen LogP contribution in [0.5, 0.6) is 17.2 Å². The molecule has 0 radical (unpaired) electrons. The van der Waals surface area contributed by atoms with Gasteiger partial charge in [-0.25, -0.2) is 16.8 Å². The zero-order valence-corrected chi connectivity index (χ0v) is 39.8. The third-order valence-corrected chi connectivity index (χ3v) is 16.3. The molecule has 0 aliphatic carbocycles. The standard InChI is InChI=1S/C58H54O6S2/c1-7-57(4,5)46-23-31-50(32-24-46)66(61,62)52-35-27-48(28-36-52)63-55-37-21-44(39-53(55)42-15-11-9-12-16-42)45-22-38-56(54(40-45)43-17-13-10-14-18-43)64-58(6,8-2)47-25-33-51(34-26-47)65(59,60)49-29-19-41(3)20-30-49/h9-40H,7-8H2,1-6H3. The Balaban J connectivity index is 1.09. The van der Waals surface area contributed by atoms with E-state index in [9.17, 15) is 16.8 Å². The van der Waals surface area contributed by atoms with E-state index < -0.39 is 25.3 Å². The lowest BCUT2D eigenvalue weighted by Gasteiger charge is -2.31. The van der Waals surface area contributed by atoms with E-state index in [-0.39, 0.29) is 25.0 Å². The van der Waals surface area contributed by atoms with Gasteiger partial charge in [0, 0.05) is 11.1 Å². The largest absolute Gasteiger partial charge is 0.482 e. The molecular formula is C58H54O6S2. The maximum Gasteiger partial charge on any atom is 0.206 e. The molecule has 334 valence electrons. The molecule has 8 heteroatoms. The SMILES string of the molecule is CCC(C)(C)c1ccc(S(=O)(=O)c2ccc(Oc3ccc(-c4ccc(OC(C)(CC)c5ccc(S(=O)(=O)c6ccc(C)cc6)cc5)c(-c5ccccc5)c4)cc3-c3ccccc3)cc2)cc1. The number of hydrogen-bond donors (Lipinski definition) is 0. The Labute approximate surface area is 390 Å². The smallest absolute Gasteiger partial charge is 0.206 e. The summed E-state index contributed by atoms with van der Waals surface area (Å²) < 4.78 is 67.8. The van der Waals surface area contributed by atoms with Crippen LogP contribution in [0.2, 0.25) is 0 Å². The molecule has 0 aliphatic heterocycles. The van der Waals surface area contributed by atoms with Gasteiger partial charge in [0.2, 0.25) is 19.7 Å². The van der Waals surface area contributed by atoms with Gasteiger partial charge in [0.05, 0.1) is 19.6 Å². The normalized spacial score (nSPS) is 12.9. The predicted octanol–water partition coefficient (Wildman–Crippen LogP) is 14.8. The molecule has 8 aromatic rings. The van der Waals surface area contributed by atoms with Gasteiger partial charge in [-0.15, -0.1) is 0 Å². The van der Waals surface area contributed by atoms with Gasteiger partial charge in [0.25, 0.3) is 0 Å². The number of sulfone groups is 2. The van der Waals surface area contributed by atoms with E-state index in [0.717, 1.165) is 56.5 Å². The molecule has 0 amide bonds.